The summed E-state index contributed by atoms with van der Waals surface area (Å²) in [5, 5.41) is 1.85. The summed E-state index contributed by atoms with van der Waals surface area (Å²) in [6.07, 6.45) is 5.18. The summed E-state index contributed by atoms with van der Waals surface area (Å²) < 4.78 is 7.46. The third kappa shape index (κ3) is 5.06. The van der Waals surface area contributed by atoms with Crippen molar-refractivity contribution in [3.8, 4) is 0 Å². The standard InChI is InChI=1S/C27H27N3O3/c1-3-15-29(27(32)25-14-6-10-21-9-4-5-13-24(21)25)20-26(31)30(19-23-12-8-17-33-23)18-22-11-7-16-28(22)2/h3-14,16-17H,1,15,18-20H2,2H3. The molecule has 0 saturated carbocycles. The molecule has 0 bridgehead atoms. The average Bonchev–Trinajstić information content (AvgIpc) is 3.49. The molecule has 6 nitrogen and oxygen atoms in total. The van der Waals surface area contributed by atoms with E-state index in [1.807, 2.05) is 72.4 Å². The summed E-state index contributed by atoms with van der Waals surface area (Å²) >= 11 is 0. The molecule has 0 saturated heterocycles. The first kappa shape index (κ1) is 22.1. The molecule has 33 heavy (non-hydrogen) atoms. The third-order valence-electron chi connectivity index (χ3n) is 5.67. The molecule has 2 aromatic heterocycles. The van der Waals surface area contributed by atoms with Crippen molar-refractivity contribution in [3.63, 3.8) is 0 Å². The summed E-state index contributed by atoms with van der Waals surface area (Å²) in [7, 11) is 1.94. The van der Waals surface area contributed by atoms with E-state index in [4.69, 9.17) is 4.42 Å². The number of amides is 2. The molecule has 0 unspecified atom stereocenters. The molecule has 0 aliphatic rings. The van der Waals surface area contributed by atoms with Crippen molar-refractivity contribution in [3.05, 3.63) is 109 Å². The number of hydrogen-bond acceptors (Lipinski definition) is 3. The van der Waals surface area contributed by atoms with Crippen molar-refractivity contribution in [2.45, 2.75) is 13.1 Å². The maximum absolute atomic E-state index is 13.5. The van der Waals surface area contributed by atoms with E-state index in [1.165, 1.54) is 4.90 Å². The molecule has 2 amide bonds. The first-order chi connectivity index (χ1) is 16.1. The lowest BCUT2D eigenvalue weighted by Gasteiger charge is -2.27. The molecule has 6 heteroatoms. The Kier molecular flexibility index (Phi) is 6.74. The van der Waals surface area contributed by atoms with Crippen LogP contribution in [0.1, 0.15) is 21.8 Å². The molecule has 0 aliphatic heterocycles. The second kappa shape index (κ2) is 10.0. The topological polar surface area (TPSA) is 58.7 Å². The number of aryl methyl sites for hydroxylation is 1. The minimum absolute atomic E-state index is 0.0563. The van der Waals surface area contributed by atoms with Crippen molar-refractivity contribution >= 4 is 22.6 Å². The SMILES string of the molecule is C=CCN(CC(=O)N(Cc1ccco1)Cc1cccn1C)C(=O)c1cccc2ccccc12. The first-order valence-electron chi connectivity index (χ1n) is 10.8. The molecule has 0 spiro atoms. The van der Waals surface area contributed by atoms with Crippen LogP contribution in [0.25, 0.3) is 10.8 Å². The predicted molar refractivity (Wildman–Crippen MR) is 128 cm³/mol. The van der Waals surface area contributed by atoms with E-state index in [1.54, 1.807) is 29.4 Å². The average molecular weight is 442 g/mol. The van der Waals surface area contributed by atoms with Gasteiger partial charge < -0.3 is 18.8 Å². The highest BCUT2D eigenvalue weighted by molar-refractivity contribution is 6.07. The Morgan fingerprint density at radius 2 is 1.79 bits per heavy atom. The third-order valence-corrected chi connectivity index (χ3v) is 5.67. The van der Waals surface area contributed by atoms with Gasteiger partial charge in [-0.2, -0.15) is 0 Å². The van der Waals surface area contributed by atoms with E-state index in [9.17, 15) is 9.59 Å². The van der Waals surface area contributed by atoms with E-state index >= 15 is 0 Å². The van der Waals surface area contributed by atoms with E-state index in [0.29, 0.717) is 24.4 Å². The fourth-order valence-electron chi connectivity index (χ4n) is 3.90. The molecule has 0 fully saturated rings. The second-order valence-corrected chi connectivity index (χ2v) is 7.94. The van der Waals surface area contributed by atoms with Gasteiger partial charge >= 0.3 is 0 Å². The lowest BCUT2D eigenvalue weighted by molar-refractivity contribution is -0.133. The van der Waals surface area contributed by atoms with Gasteiger partial charge in [0.05, 0.1) is 19.4 Å². The number of carbonyl (C=O) groups is 2. The van der Waals surface area contributed by atoms with Crippen molar-refractivity contribution in [2.75, 3.05) is 13.1 Å². The van der Waals surface area contributed by atoms with Gasteiger partial charge in [-0.3, -0.25) is 9.59 Å². The normalized spacial score (nSPS) is 10.8. The van der Waals surface area contributed by atoms with Crippen LogP contribution in [0.5, 0.6) is 0 Å². The number of carbonyl (C=O) groups excluding carboxylic acids is 2. The van der Waals surface area contributed by atoms with Crippen LogP contribution in [0.4, 0.5) is 0 Å². The van der Waals surface area contributed by atoms with Gasteiger partial charge in [0.25, 0.3) is 5.91 Å². The van der Waals surface area contributed by atoms with E-state index in [-0.39, 0.29) is 24.9 Å². The number of hydrogen-bond donors (Lipinski definition) is 0. The van der Waals surface area contributed by atoms with Crippen LogP contribution in [0, 0.1) is 0 Å². The fourth-order valence-corrected chi connectivity index (χ4v) is 3.90. The zero-order valence-electron chi connectivity index (χ0n) is 18.7. The monoisotopic (exact) mass is 441 g/mol. The Labute approximate surface area is 193 Å². The molecular weight excluding hydrogens is 414 g/mol. The van der Waals surface area contributed by atoms with Crippen LogP contribution < -0.4 is 0 Å². The van der Waals surface area contributed by atoms with Crippen LogP contribution >= 0.6 is 0 Å². The van der Waals surface area contributed by atoms with Gasteiger partial charge in [-0.1, -0.05) is 42.5 Å². The summed E-state index contributed by atoms with van der Waals surface area (Å²) in [4.78, 5) is 30.2. The minimum Gasteiger partial charge on any atom is -0.467 e. The zero-order valence-corrected chi connectivity index (χ0v) is 18.7. The number of nitrogens with zero attached hydrogens (tertiary/aromatic N) is 3. The lowest BCUT2D eigenvalue weighted by atomic mass is 10.0. The molecule has 2 aromatic carbocycles. The summed E-state index contributed by atoms with van der Waals surface area (Å²) in [5.41, 5.74) is 1.56. The van der Waals surface area contributed by atoms with Crippen LogP contribution in [-0.4, -0.2) is 39.3 Å². The van der Waals surface area contributed by atoms with E-state index in [0.717, 1.165) is 16.5 Å². The molecule has 0 atom stereocenters. The summed E-state index contributed by atoms with van der Waals surface area (Å²) in [5.74, 6) is 0.327. The molecule has 0 radical (unpaired) electrons. The summed E-state index contributed by atoms with van der Waals surface area (Å²) in [6, 6.07) is 20.9. The number of furan rings is 1. The van der Waals surface area contributed by atoms with Gasteiger partial charge in [0.1, 0.15) is 12.3 Å². The largest absolute Gasteiger partial charge is 0.467 e. The Balaban J connectivity index is 1.58. The van der Waals surface area contributed by atoms with Crippen LogP contribution in [-0.2, 0) is 24.9 Å². The minimum atomic E-state index is -0.197. The quantitative estimate of drug-likeness (QED) is 0.356. The second-order valence-electron chi connectivity index (χ2n) is 7.94. The van der Waals surface area contributed by atoms with E-state index < -0.39 is 0 Å². The Hall–Kier alpha value is -4.06. The van der Waals surface area contributed by atoms with Crippen molar-refractivity contribution < 1.29 is 14.0 Å². The van der Waals surface area contributed by atoms with Crippen LogP contribution in [0.2, 0.25) is 0 Å². The molecule has 0 N–H and O–H groups in total. The molecule has 4 aromatic rings. The lowest BCUT2D eigenvalue weighted by Crippen LogP contribution is -2.42. The smallest absolute Gasteiger partial charge is 0.255 e. The van der Waals surface area contributed by atoms with Crippen LogP contribution in [0.3, 0.4) is 0 Å². The fraction of sp³-hybridized carbons (Fsp3) is 0.185. The highest BCUT2D eigenvalue weighted by atomic mass is 16.3. The van der Waals surface area contributed by atoms with Gasteiger partial charge in [0, 0.05) is 31.0 Å². The molecule has 168 valence electrons. The number of benzene rings is 2. The summed E-state index contributed by atoms with van der Waals surface area (Å²) in [6.45, 7) is 4.73. The zero-order chi connectivity index (χ0) is 23.2. The number of aromatic nitrogens is 1. The van der Waals surface area contributed by atoms with E-state index in [2.05, 4.69) is 6.58 Å². The Bertz CT molecular complexity index is 1250. The highest BCUT2D eigenvalue weighted by Crippen LogP contribution is 2.20. The van der Waals surface area contributed by atoms with Crippen molar-refractivity contribution in [2.24, 2.45) is 7.05 Å². The van der Waals surface area contributed by atoms with Crippen molar-refractivity contribution in [1.29, 1.82) is 0 Å². The molecule has 4 rings (SSSR count). The first-order valence-corrected chi connectivity index (χ1v) is 10.8. The number of fused-ring (bicyclic) bond motifs is 1. The van der Waals surface area contributed by atoms with Crippen molar-refractivity contribution in [1.82, 2.24) is 14.4 Å². The maximum atomic E-state index is 13.5. The Morgan fingerprint density at radius 3 is 2.52 bits per heavy atom. The van der Waals surface area contributed by atoms with Crippen LogP contribution in [0.15, 0.2) is 96.3 Å². The van der Waals surface area contributed by atoms with Gasteiger partial charge in [-0.25, -0.2) is 0 Å². The Morgan fingerprint density at radius 1 is 0.970 bits per heavy atom. The predicted octanol–water partition coefficient (Wildman–Crippen LogP) is 4.63. The van der Waals surface area contributed by atoms with Gasteiger partial charge in [0.2, 0.25) is 5.91 Å². The maximum Gasteiger partial charge on any atom is 0.255 e. The molecular formula is C27H27N3O3. The van der Waals surface area contributed by atoms with Gasteiger partial charge in [-0.05, 0) is 41.1 Å². The molecule has 0 aliphatic carbocycles. The van der Waals surface area contributed by atoms with Gasteiger partial charge in [0.15, 0.2) is 0 Å². The highest BCUT2D eigenvalue weighted by Gasteiger charge is 2.24. The number of rotatable bonds is 9. The van der Waals surface area contributed by atoms with Gasteiger partial charge in [-0.15, -0.1) is 6.58 Å². The molecule has 2 heterocycles.